The molecule has 0 aliphatic rings. The van der Waals surface area contributed by atoms with E-state index in [4.69, 9.17) is 5.73 Å². The number of fused-ring (bicyclic) bond motifs is 1. The number of hydrogen-bond donors (Lipinski definition) is 2. The molecule has 12 heavy (non-hydrogen) atoms. The van der Waals surface area contributed by atoms with Crippen molar-refractivity contribution in [1.29, 1.82) is 0 Å². The van der Waals surface area contributed by atoms with E-state index >= 15 is 0 Å². The molecule has 0 fully saturated rings. The summed E-state index contributed by atoms with van der Waals surface area (Å²) in [6, 6.07) is 5.77. The number of aryl methyl sites for hydroxylation is 1. The zero-order valence-electron chi connectivity index (χ0n) is 6.96. The van der Waals surface area contributed by atoms with E-state index in [-0.39, 0.29) is 0 Å². The molecule has 2 aromatic rings. The number of H-pyrrole nitrogens is 1. The van der Waals surface area contributed by atoms with E-state index < -0.39 is 0 Å². The second-order valence-electron chi connectivity index (χ2n) is 2.78. The Morgan fingerprint density at radius 2 is 2.33 bits per heavy atom. The van der Waals surface area contributed by atoms with Crippen molar-refractivity contribution >= 4 is 16.7 Å². The summed E-state index contributed by atoms with van der Waals surface area (Å²) in [5, 5.41) is 0. The topological polar surface area (TPSA) is 54.7 Å². The number of imidazole rings is 1. The van der Waals surface area contributed by atoms with Crippen LogP contribution in [0.25, 0.3) is 11.0 Å². The zero-order valence-corrected chi connectivity index (χ0v) is 6.96. The number of rotatable bonds is 1. The number of benzene rings is 1. The quantitative estimate of drug-likeness (QED) is 0.625. The van der Waals surface area contributed by atoms with Crippen molar-refractivity contribution in [2.45, 2.75) is 13.3 Å². The van der Waals surface area contributed by atoms with Crippen molar-refractivity contribution in [2.75, 3.05) is 5.73 Å². The Labute approximate surface area is 70.6 Å². The second kappa shape index (κ2) is 2.52. The van der Waals surface area contributed by atoms with Crippen molar-refractivity contribution in [2.24, 2.45) is 0 Å². The van der Waals surface area contributed by atoms with Gasteiger partial charge in [-0.05, 0) is 12.1 Å². The third kappa shape index (κ3) is 0.942. The largest absolute Gasteiger partial charge is 0.397 e. The lowest BCUT2D eigenvalue weighted by Gasteiger charge is -1.90. The number of nitrogens with one attached hydrogen (secondary N) is 1. The maximum Gasteiger partial charge on any atom is 0.111 e. The molecule has 0 bridgehead atoms. The van der Waals surface area contributed by atoms with E-state index in [1.54, 1.807) is 0 Å². The van der Waals surface area contributed by atoms with Crippen LogP contribution in [-0.2, 0) is 6.42 Å². The molecule has 0 radical (unpaired) electrons. The molecule has 1 heterocycles. The summed E-state index contributed by atoms with van der Waals surface area (Å²) >= 11 is 0. The van der Waals surface area contributed by atoms with Crippen LogP contribution in [0.5, 0.6) is 0 Å². The molecule has 3 heteroatoms. The van der Waals surface area contributed by atoms with Gasteiger partial charge >= 0.3 is 0 Å². The maximum atomic E-state index is 5.74. The summed E-state index contributed by atoms with van der Waals surface area (Å²) in [4.78, 5) is 7.55. The standard InChI is InChI=1S/C9H11N3/c1-2-8-11-7-5-3-4-6(10)9(7)12-8/h3-5H,2,10H2,1H3,(H,11,12). The van der Waals surface area contributed by atoms with Gasteiger partial charge in [-0.1, -0.05) is 13.0 Å². The smallest absolute Gasteiger partial charge is 0.111 e. The summed E-state index contributed by atoms with van der Waals surface area (Å²) in [7, 11) is 0. The molecule has 1 aromatic carbocycles. The van der Waals surface area contributed by atoms with Crippen molar-refractivity contribution < 1.29 is 0 Å². The Morgan fingerprint density at radius 1 is 1.50 bits per heavy atom. The lowest BCUT2D eigenvalue weighted by molar-refractivity contribution is 1.00. The predicted octanol–water partition coefficient (Wildman–Crippen LogP) is 1.71. The van der Waals surface area contributed by atoms with Gasteiger partial charge in [-0.2, -0.15) is 0 Å². The van der Waals surface area contributed by atoms with Crippen LogP contribution in [0.15, 0.2) is 18.2 Å². The van der Waals surface area contributed by atoms with Gasteiger partial charge < -0.3 is 10.7 Å². The van der Waals surface area contributed by atoms with Crippen molar-refractivity contribution in [3.63, 3.8) is 0 Å². The molecule has 0 atom stereocenters. The third-order valence-corrected chi connectivity index (χ3v) is 1.93. The Kier molecular flexibility index (Phi) is 1.50. The van der Waals surface area contributed by atoms with Crippen LogP contribution in [0.2, 0.25) is 0 Å². The summed E-state index contributed by atoms with van der Waals surface area (Å²) < 4.78 is 0. The molecule has 0 spiro atoms. The predicted molar refractivity (Wildman–Crippen MR) is 49.9 cm³/mol. The molecule has 0 aliphatic heterocycles. The average molecular weight is 161 g/mol. The Morgan fingerprint density at radius 3 is 3.00 bits per heavy atom. The monoisotopic (exact) mass is 161 g/mol. The second-order valence-corrected chi connectivity index (χ2v) is 2.78. The Balaban J connectivity index is 2.74. The number of nitrogens with two attached hydrogens (primary N) is 1. The number of nitrogen functional groups attached to an aromatic ring is 1. The highest BCUT2D eigenvalue weighted by atomic mass is 14.9. The lowest BCUT2D eigenvalue weighted by Crippen LogP contribution is -1.85. The number of nitrogens with zero attached hydrogens (tertiary/aromatic N) is 1. The molecule has 62 valence electrons. The normalized spacial score (nSPS) is 10.8. The van der Waals surface area contributed by atoms with E-state index in [0.717, 1.165) is 29.0 Å². The summed E-state index contributed by atoms with van der Waals surface area (Å²) in [5.74, 6) is 0.989. The average Bonchev–Trinajstić information content (AvgIpc) is 2.49. The minimum absolute atomic E-state index is 0.739. The summed E-state index contributed by atoms with van der Waals surface area (Å²) in [6.45, 7) is 2.06. The molecular formula is C9H11N3. The van der Waals surface area contributed by atoms with E-state index in [1.165, 1.54) is 0 Å². The SMILES string of the molecule is CCc1nc2c(N)cccc2[nH]1. The molecule has 0 unspecified atom stereocenters. The molecule has 0 saturated heterocycles. The minimum Gasteiger partial charge on any atom is -0.397 e. The van der Waals surface area contributed by atoms with Gasteiger partial charge in [-0.15, -0.1) is 0 Å². The van der Waals surface area contributed by atoms with Crippen LogP contribution in [0.3, 0.4) is 0 Å². The first kappa shape index (κ1) is 7.16. The first-order valence-electron chi connectivity index (χ1n) is 4.04. The van der Waals surface area contributed by atoms with Gasteiger partial charge in [0.25, 0.3) is 0 Å². The molecule has 3 N–H and O–H groups in total. The van der Waals surface area contributed by atoms with E-state index in [2.05, 4.69) is 16.9 Å². The Bertz CT molecular complexity index is 403. The van der Waals surface area contributed by atoms with Gasteiger partial charge in [0.15, 0.2) is 0 Å². The molecule has 3 nitrogen and oxygen atoms in total. The molecule has 0 saturated carbocycles. The van der Waals surface area contributed by atoms with Crippen LogP contribution in [0.4, 0.5) is 5.69 Å². The molecule has 2 rings (SSSR count). The molecular weight excluding hydrogens is 150 g/mol. The number of para-hydroxylation sites is 1. The number of anilines is 1. The Hall–Kier alpha value is -1.51. The van der Waals surface area contributed by atoms with Gasteiger partial charge in [0.1, 0.15) is 11.3 Å². The van der Waals surface area contributed by atoms with Gasteiger partial charge in [0, 0.05) is 6.42 Å². The highest BCUT2D eigenvalue weighted by Gasteiger charge is 2.02. The van der Waals surface area contributed by atoms with Crippen LogP contribution >= 0.6 is 0 Å². The van der Waals surface area contributed by atoms with Gasteiger partial charge in [0.05, 0.1) is 11.2 Å². The minimum atomic E-state index is 0.739. The fraction of sp³-hybridized carbons (Fsp3) is 0.222. The number of aromatic nitrogens is 2. The van der Waals surface area contributed by atoms with Gasteiger partial charge in [0.2, 0.25) is 0 Å². The van der Waals surface area contributed by atoms with Crippen molar-refractivity contribution in [3.8, 4) is 0 Å². The highest BCUT2D eigenvalue weighted by Crippen LogP contribution is 2.17. The number of aromatic amines is 1. The van der Waals surface area contributed by atoms with E-state index in [0.29, 0.717) is 0 Å². The molecule has 0 amide bonds. The van der Waals surface area contributed by atoms with E-state index in [9.17, 15) is 0 Å². The van der Waals surface area contributed by atoms with Crippen molar-refractivity contribution in [1.82, 2.24) is 9.97 Å². The lowest BCUT2D eigenvalue weighted by atomic mass is 10.3. The fourth-order valence-electron chi connectivity index (χ4n) is 1.27. The van der Waals surface area contributed by atoms with Crippen LogP contribution in [0.1, 0.15) is 12.7 Å². The highest BCUT2D eigenvalue weighted by molar-refractivity contribution is 5.86. The fourth-order valence-corrected chi connectivity index (χ4v) is 1.27. The first-order valence-corrected chi connectivity index (χ1v) is 4.04. The van der Waals surface area contributed by atoms with Crippen LogP contribution in [-0.4, -0.2) is 9.97 Å². The summed E-state index contributed by atoms with van der Waals surface area (Å²) in [5.41, 5.74) is 8.38. The first-order chi connectivity index (χ1) is 5.81. The number of hydrogen-bond acceptors (Lipinski definition) is 2. The van der Waals surface area contributed by atoms with Gasteiger partial charge in [-0.3, -0.25) is 0 Å². The van der Waals surface area contributed by atoms with Crippen molar-refractivity contribution in [3.05, 3.63) is 24.0 Å². The third-order valence-electron chi connectivity index (χ3n) is 1.93. The molecule has 1 aromatic heterocycles. The van der Waals surface area contributed by atoms with E-state index in [1.807, 2.05) is 18.2 Å². The zero-order chi connectivity index (χ0) is 8.55. The van der Waals surface area contributed by atoms with Crippen LogP contribution < -0.4 is 5.73 Å². The molecule has 0 aliphatic carbocycles. The van der Waals surface area contributed by atoms with Gasteiger partial charge in [-0.25, -0.2) is 4.98 Å². The summed E-state index contributed by atoms with van der Waals surface area (Å²) in [6.07, 6.45) is 0.911. The maximum absolute atomic E-state index is 5.74. The van der Waals surface area contributed by atoms with Crippen LogP contribution in [0, 0.1) is 0 Å².